The highest BCUT2D eigenvalue weighted by atomic mass is 16.2. The summed E-state index contributed by atoms with van der Waals surface area (Å²) < 4.78 is 0. The van der Waals surface area contributed by atoms with Gasteiger partial charge in [-0.25, -0.2) is 0 Å². The fourth-order valence-corrected chi connectivity index (χ4v) is 0.650. The van der Waals surface area contributed by atoms with Gasteiger partial charge in [-0.15, -0.1) is 0 Å². The summed E-state index contributed by atoms with van der Waals surface area (Å²) in [4.78, 5) is 31.4. The average Bonchev–Trinajstić information content (AvgIpc) is 2.00. The molecule has 0 spiro atoms. The maximum Gasteiger partial charge on any atom is 0.220 e. The first-order valence-electron chi connectivity index (χ1n) is 3.85. The summed E-state index contributed by atoms with van der Waals surface area (Å²) in [5, 5.41) is 2.42. The lowest BCUT2D eigenvalue weighted by molar-refractivity contribution is -0.125. The SMILES string of the molecule is NC(=O)CCNC(=O)CCC(N)=O. The van der Waals surface area contributed by atoms with Crippen LogP contribution in [0, 0.1) is 0 Å². The Balaban J connectivity index is 3.41. The highest BCUT2D eigenvalue weighted by Gasteiger charge is 2.03. The van der Waals surface area contributed by atoms with Crippen LogP contribution in [0.2, 0.25) is 0 Å². The third-order valence-corrected chi connectivity index (χ3v) is 1.29. The summed E-state index contributed by atoms with van der Waals surface area (Å²) in [7, 11) is 0. The third-order valence-electron chi connectivity index (χ3n) is 1.29. The van der Waals surface area contributed by atoms with Gasteiger partial charge in [0.15, 0.2) is 0 Å². The van der Waals surface area contributed by atoms with Crippen LogP contribution in [0.1, 0.15) is 19.3 Å². The zero-order valence-corrected chi connectivity index (χ0v) is 7.21. The van der Waals surface area contributed by atoms with E-state index >= 15 is 0 Å². The molecule has 0 aliphatic rings. The lowest BCUT2D eigenvalue weighted by Crippen LogP contribution is -2.28. The lowest BCUT2D eigenvalue weighted by Gasteiger charge is -2.01. The van der Waals surface area contributed by atoms with E-state index in [4.69, 9.17) is 11.5 Å². The third kappa shape index (κ3) is 8.32. The molecule has 5 N–H and O–H groups in total. The number of amides is 3. The van der Waals surface area contributed by atoms with Crippen molar-refractivity contribution in [1.82, 2.24) is 5.32 Å². The Kier molecular flexibility index (Phi) is 5.25. The van der Waals surface area contributed by atoms with Crippen molar-refractivity contribution in [1.29, 1.82) is 0 Å². The summed E-state index contributed by atoms with van der Waals surface area (Å²) in [6.45, 7) is 0.201. The smallest absolute Gasteiger partial charge is 0.220 e. The predicted molar refractivity (Wildman–Crippen MR) is 45.2 cm³/mol. The second-order valence-electron chi connectivity index (χ2n) is 2.53. The van der Waals surface area contributed by atoms with Gasteiger partial charge in [-0.1, -0.05) is 0 Å². The quantitative estimate of drug-likeness (QED) is 0.457. The van der Waals surface area contributed by atoms with Crippen LogP contribution in [0.3, 0.4) is 0 Å². The first-order valence-corrected chi connectivity index (χ1v) is 3.85. The van der Waals surface area contributed by atoms with Gasteiger partial charge in [0.25, 0.3) is 0 Å². The minimum Gasteiger partial charge on any atom is -0.370 e. The summed E-state index contributed by atoms with van der Waals surface area (Å²) in [6, 6.07) is 0. The molecule has 0 unspecified atom stereocenters. The standard InChI is InChI=1S/C7H13N3O3/c8-5(11)1-2-7(13)10-4-3-6(9)12/h1-4H2,(H2,8,11)(H2,9,12)(H,10,13). The van der Waals surface area contributed by atoms with Crippen LogP contribution in [0.4, 0.5) is 0 Å². The molecule has 0 fully saturated rings. The van der Waals surface area contributed by atoms with E-state index < -0.39 is 11.8 Å². The largest absolute Gasteiger partial charge is 0.370 e. The number of nitrogens with one attached hydrogen (secondary N) is 1. The van der Waals surface area contributed by atoms with Gasteiger partial charge in [0.2, 0.25) is 17.7 Å². The maximum atomic E-state index is 10.9. The van der Waals surface area contributed by atoms with Gasteiger partial charge in [0.05, 0.1) is 0 Å². The van der Waals surface area contributed by atoms with Crippen molar-refractivity contribution in [3.8, 4) is 0 Å². The fraction of sp³-hybridized carbons (Fsp3) is 0.571. The number of carbonyl (C=O) groups excluding carboxylic acids is 3. The number of carbonyl (C=O) groups is 3. The van der Waals surface area contributed by atoms with E-state index in [1.165, 1.54) is 0 Å². The van der Waals surface area contributed by atoms with Crippen molar-refractivity contribution in [3.05, 3.63) is 0 Å². The minimum atomic E-state index is -0.523. The summed E-state index contributed by atoms with van der Waals surface area (Å²) in [5.74, 6) is -1.31. The van der Waals surface area contributed by atoms with Gasteiger partial charge in [-0.05, 0) is 0 Å². The van der Waals surface area contributed by atoms with Gasteiger partial charge in [0.1, 0.15) is 0 Å². The van der Waals surface area contributed by atoms with Crippen LogP contribution >= 0.6 is 0 Å². The van der Waals surface area contributed by atoms with Gasteiger partial charge >= 0.3 is 0 Å². The maximum absolute atomic E-state index is 10.9. The number of nitrogens with two attached hydrogens (primary N) is 2. The van der Waals surface area contributed by atoms with E-state index in [0.717, 1.165) is 0 Å². The number of primary amides is 2. The van der Waals surface area contributed by atoms with Crippen LogP contribution in [0.5, 0.6) is 0 Å². The first-order chi connectivity index (χ1) is 6.02. The van der Waals surface area contributed by atoms with Crippen molar-refractivity contribution >= 4 is 17.7 Å². The van der Waals surface area contributed by atoms with Crippen molar-refractivity contribution in [2.24, 2.45) is 11.5 Å². The van der Waals surface area contributed by atoms with E-state index in [1.807, 2.05) is 0 Å². The van der Waals surface area contributed by atoms with Gasteiger partial charge < -0.3 is 16.8 Å². The average molecular weight is 187 g/mol. The molecule has 0 heterocycles. The highest BCUT2D eigenvalue weighted by molar-refractivity contribution is 5.83. The second-order valence-corrected chi connectivity index (χ2v) is 2.53. The molecule has 0 atom stereocenters. The molecule has 0 aliphatic carbocycles. The summed E-state index contributed by atoms with van der Waals surface area (Å²) in [5.41, 5.74) is 9.66. The molecule has 0 aromatic carbocycles. The first kappa shape index (κ1) is 11.4. The monoisotopic (exact) mass is 187 g/mol. The van der Waals surface area contributed by atoms with Crippen molar-refractivity contribution < 1.29 is 14.4 Å². The summed E-state index contributed by atoms with van der Waals surface area (Å²) >= 11 is 0. The molecule has 0 aromatic heterocycles. The van der Waals surface area contributed by atoms with Gasteiger partial charge in [0, 0.05) is 25.8 Å². The Morgan fingerprint density at radius 1 is 0.923 bits per heavy atom. The molecule has 0 radical (unpaired) electrons. The van der Waals surface area contributed by atoms with Crippen LogP contribution in [0.15, 0.2) is 0 Å². The van der Waals surface area contributed by atoms with Crippen molar-refractivity contribution in [2.75, 3.05) is 6.54 Å². The van der Waals surface area contributed by atoms with E-state index in [-0.39, 0.29) is 31.7 Å². The topological polar surface area (TPSA) is 115 Å². The molecule has 0 saturated carbocycles. The molecule has 6 heteroatoms. The van der Waals surface area contributed by atoms with Crippen LogP contribution in [-0.2, 0) is 14.4 Å². The molecule has 0 bridgehead atoms. The zero-order valence-electron chi connectivity index (χ0n) is 7.21. The molecule has 0 rings (SSSR count). The lowest BCUT2D eigenvalue weighted by atomic mass is 10.3. The van der Waals surface area contributed by atoms with Gasteiger partial charge in [-0.3, -0.25) is 14.4 Å². The van der Waals surface area contributed by atoms with E-state index in [1.54, 1.807) is 0 Å². The molecular weight excluding hydrogens is 174 g/mol. The van der Waals surface area contributed by atoms with Crippen molar-refractivity contribution in [2.45, 2.75) is 19.3 Å². The molecule has 0 aliphatic heterocycles. The number of hydrogen-bond acceptors (Lipinski definition) is 3. The van der Waals surface area contributed by atoms with E-state index in [9.17, 15) is 14.4 Å². The number of hydrogen-bond donors (Lipinski definition) is 3. The Hall–Kier alpha value is -1.59. The van der Waals surface area contributed by atoms with E-state index in [0.29, 0.717) is 0 Å². The van der Waals surface area contributed by atoms with Crippen LogP contribution in [-0.4, -0.2) is 24.3 Å². The van der Waals surface area contributed by atoms with Gasteiger partial charge in [-0.2, -0.15) is 0 Å². The predicted octanol–water partition coefficient (Wildman–Crippen LogP) is -1.76. The molecule has 74 valence electrons. The molecule has 6 nitrogen and oxygen atoms in total. The Morgan fingerprint density at radius 3 is 1.92 bits per heavy atom. The van der Waals surface area contributed by atoms with E-state index in [2.05, 4.69) is 5.32 Å². The second kappa shape index (κ2) is 5.99. The van der Waals surface area contributed by atoms with Crippen LogP contribution < -0.4 is 16.8 Å². The molecule has 3 amide bonds. The van der Waals surface area contributed by atoms with Crippen LogP contribution in [0.25, 0.3) is 0 Å². The normalized spacial score (nSPS) is 9.23. The molecule has 0 aromatic rings. The number of rotatable bonds is 6. The highest BCUT2D eigenvalue weighted by Crippen LogP contribution is 1.86. The zero-order chi connectivity index (χ0) is 10.3. The summed E-state index contributed by atoms with van der Waals surface area (Å²) in [6.07, 6.45) is 0.165. The molecular formula is C7H13N3O3. The fourth-order valence-electron chi connectivity index (χ4n) is 0.650. The molecule has 13 heavy (non-hydrogen) atoms. The Morgan fingerprint density at radius 2 is 1.46 bits per heavy atom. The molecule has 0 saturated heterocycles. The van der Waals surface area contributed by atoms with Crippen molar-refractivity contribution in [3.63, 3.8) is 0 Å². The Labute approximate surface area is 75.6 Å². The Bertz CT molecular complexity index is 215. The minimum absolute atomic E-state index is 0.0163.